The Morgan fingerprint density at radius 1 is 1.29 bits per heavy atom. The number of aryl methyl sites for hydroxylation is 1. The molecular weight excluding hydrogens is 332 g/mol. The zero-order valence-corrected chi connectivity index (χ0v) is 14.0. The van der Waals surface area contributed by atoms with Crippen molar-refractivity contribution in [3.8, 4) is 0 Å². The highest BCUT2D eigenvalue weighted by Crippen LogP contribution is 2.29. The minimum atomic E-state index is -0.440. The van der Waals surface area contributed by atoms with Crippen molar-refractivity contribution >= 4 is 33.4 Å². The summed E-state index contributed by atoms with van der Waals surface area (Å²) in [6, 6.07) is 5.26. The van der Waals surface area contributed by atoms with E-state index in [2.05, 4.69) is 26.6 Å². The molecule has 0 aliphatic heterocycles. The van der Waals surface area contributed by atoms with Crippen molar-refractivity contribution in [1.82, 2.24) is 5.32 Å². The molecule has 114 valence electrons. The van der Waals surface area contributed by atoms with Gasteiger partial charge in [0.2, 0.25) is 11.8 Å². The van der Waals surface area contributed by atoms with E-state index in [1.165, 1.54) is 6.92 Å². The van der Waals surface area contributed by atoms with Crippen LogP contribution < -0.4 is 10.6 Å². The molecule has 0 heterocycles. The maximum atomic E-state index is 12.5. The molecule has 1 fully saturated rings. The molecule has 2 amide bonds. The lowest BCUT2D eigenvalue weighted by molar-refractivity contribution is -0.126. The fourth-order valence-electron chi connectivity index (χ4n) is 2.80. The van der Waals surface area contributed by atoms with Crippen molar-refractivity contribution in [2.45, 2.75) is 45.6 Å². The summed E-state index contributed by atoms with van der Waals surface area (Å²) in [5, 5.41) is 5.71. The molecule has 1 aromatic carbocycles. The third-order valence-electron chi connectivity index (χ3n) is 3.95. The van der Waals surface area contributed by atoms with Crippen molar-refractivity contribution in [3.63, 3.8) is 0 Å². The number of benzene rings is 1. The van der Waals surface area contributed by atoms with Crippen LogP contribution in [0.3, 0.4) is 0 Å². The summed E-state index contributed by atoms with van der Waals surface area (Å²) in [4.78, 5) is 23.9. The predicted octanol–water partition coefficient (Wildman–Crippen LogP) is 3.39. The van der Waals surface area contributed by atoms with Crippen LogP contribution >= 0.6 is 15.9 Å². The molecule has 4 nitrogen and oxygen atoms in total. The van der Waals surface area contributed by atoms with Gasteiger partial charge in [0, 0.05) is 17.1 Å². The molecule has 21 heavy (non-hydrogen) atoms. The molecule has 2 N–H and O–H groups in total. The fraction of sp³-hybridized carbons (Fsp3) is 0.500. The van der Waals surface area contributed by atoms with Crippen molar-refractivity contribution in [2.24, 2.45) is 5.92 Å². The zero-order valence-electron chi connectivity index (χ0n) is 12.4. The van der Waals surface area contributed by atoms with Crippen LogP contribution in [0.5, 0.6) is 0 Å². The van der Waals surface area contributed by atoms with Crippen LogP contribution in [0, 0.1) is 12.8 Å². The Morgan fingerprint density at radius 3 is 2.52 bits per heavy atom. The Kier molecular flexibility index (Phi) is 5.39. The first-order chi connectivity index (χ1) is 9.97. The van der Waals surface area contributed by atoms with E-state index in [1.54, 1.807) is 0 Å². The molecule has 1 atom stereocenters. The number of hydrogen-bond donors (Lipinski definition) is 2. The number of nitrogens with one attached hydrogen (secondary N) is 2. The van der Waals surface area contributed by atoms with E-state index < -0.39 is 6.04 Å². The predicted molar refractivity (Wildman–Crippen MR) is 87.1 cm³/mol. The van der Waals surface area contributed by atoms with Crippen molar-refractivity contribution in [3.05, 3.63) is 28.2 Å². The molecule has 0 radical (unpaired) electrons. The van der Waals surface area contributed by atoms with E-state index >= 15 is 0 Å². The van der Waals surface area contributed by atoms with Crippen molar-refractivity contribution in [2.75, 3.05) is 5.32 Å². The maximum absolute atomic E-state index is 12.5. The Morgan fingerprint density at radius 2 is 1.95 bits per heavy atom. The van der Waals surface area contributed by atoms with Crippen LogP contribution in [0.1, 0.15) is 38.2 Å². The van der Waals surface area contributed by atoms with Gasteiger partial charge >= 0.3 is 0 Å². The van der Waals surface area contributed by atoms with Gasteiger partial charge in [0.1, 0.15) is 6.04 Å². The van der Waals surface area contributed by atoms with Gasteiger partial charge in [0.25, 0.3) is 0 Å². The third-order valence-corrected chi connectivity index (χ3v) is 4.81. The first-order valence-electron chi connectivity index (χ1n) is 7.31. The second kappa shape index (κ2) is 7.07. The standard InChI is InChI=1S/C16H21BrN2O2/c1-10-7-8-13(9-14(10)17)19-16(21)15(18-11(2)20)12-5-3-4-6-12/h7-9,12,15H,3-6H2,1-2H3,(H,18,20)(H,19,21). The number of amides is 2. The van der Waals surface area contributed by atoms with Crippen LogP contribution in [0.15, 0.2) is 22.7 Å². The first kappa shape index (κ1) is 16.0. The molecule has 0 aromatic heterocycles. The molecule has 1 unspecified atom stereocenters. The molecular formula is C16H21BrN2O2. The van der Waals surface area contributed by atoms with Gasteiger partial charge in [-0.05, 0) is 43.4 Å². The molecule has 1 aliphatic carbocycles. The van der Waals surface area contributed by atoms with Crippen LogP contribution in [0.2, 0.25) is 0 Å². The average molecular weight is 353 g/mol. The molecule has 1 saturated carbocycles. The summed E-state index contributed by atoms with van der Waals surface area (Å²) >= 11 is 3.46. The first-order valence-corrected chi connectivity index (χ1v) is 8.11. The molecule has 0 spiro atoms. The molecule has 5 heteroatoms. The molecule has 0 saturated heterocycles. The van der Waals surface area contributed by atoms with Gasteiger partial charge in [-0.15, -0.1) is 0 Å². The van der Waals surface area contributed by atoms with Gasteiger partial charge in [0.05, 0.1) is 0 Å². The maximum Gasteiger partial charge on any atom is 0.247 e. The number of hydrogen-bond acceptors (Lipinski definition) is 2. The van der Waals surface area contributed by atoms with Gasteiger partial charge < -0.3 is 10.6 Å². The number of rotatable bonds is 4. The zero-order chi connectivity index (χ0) is 15.4. The number of carbonyl (C=O) groups is 2. The van der Waals surface area contributed by atoms with Gasteiger partial charge in [-0.25, -0.2) is 0 Å². The largest absolute Gasteiger partial charge is 0.344 e. The highest BCUT2D eigenvalue weighted by atomic mass is 79.9. The number of halogens is 1. The third kappa shape index (κ3) is 4.30. The molecule has 0 bridgehead atoms. The quantitative estimate of drug-likeness (QED) is 0.872. The molecule has 1 aliphatic rings. The fourth-order valence-corrected chi connectivity index (χ4v) is 3.18. The van der Waals surface area contributed by atoms with Gasteiger partial charge in [-0.2, -0.15) is 0 Å². The highest BCUT2D eigenvalue weighted by molar-refractivity contribution is 9.10. The SMILES string of the molecule is CC(=O)NC(C(=O)Nc1ccc(C)c(Br)c1)C1CCCC1. The molecule has 1 aromatic rings. The van der Waals surface area contributed by atoms with Crippen LogP contribution in [0.25, 0.3) is 0 Å². The van der Waals surface area contributed by atoms with Crippen LogP contribution in [-0.4, -0.2) is 17.9 Å². The minimum Gasteiger partial charge on any atom is -0.344 e. The second-order valence-corrected chi connectivity index (χ2v) is 6.53. The summed E-state index contributed by atoms with van der Waals surface area (Å²) in [5.41, 5.74) is 1.85. The Hall–Kier alpha value is -1.36. The highest BCUT2D eigenvalue weighted by Gasteiger charge is 2.31. The lowest BCUT2D eigenvalue weighted by atomic mass is 9.97. The molecule has 2 rings (SSSR count). The summed E-state index contributed by atoms with van der Waals surface area (Å²) in [6.45, 7) is 3.45. The van der Waals surface area contributed by atoms with E-state index in [0.29, 0.717) is 0 Å². The van der Waals surface area contributed by atoms with Crippen LogP contribution in [0.4, 0.5) is 5.69 Å². The summed E-state index contributed by atoms with van der Waals surface area (Å²) < 4.78 is 0.956. The minimum absolute atomic E-state index is 0.132. The normalized spacial score (nSPS) is 16.5. The number of anilines is 1. The Bertz CT molecular complexity index is 539. The van der Waals surface area contributed by atoms with E-state index in [0.717, 1.165) is 41.4 Å². The van der Waals surface area contributed by atoms with Crippen molar-refractivity contribution in [1.29, 1.82) is 0 Å². The van der Waals surface area contributed by atoms with Crippen LogP contribution in [-0.2, 0) is 9.59 Å². The Balaban J connectivity index is 2.09. The summed E-state index contributed by atoms with van der Waals surface area (Å²) in [6.07, 6.45) is 4.25. The average Bonchev–Trinajstić information content (AvgIpc) is 2.93. The number of carbonyl (C=O) groups excluding carboxylic acids is 2. The van der Waals surface area contributed by atoms with Gasteiger partial charge in [-0.3, -0.25) is 9.59 Å². The van der Waals surface area contributed by atoms with E-state index in [-0.39, 0.29) is 17.7 Å². The summed E-state index contributed by atoms with van der Waals surface area (Å²) in [7, 11) is 0. The van der Waals surface area contributed by atoms with E-state index in [1.807, 2.05) is 25.1 Å². The summed E-state index contributed by atoms with van der Waals surface area (Å²) in [5.74, 6) is -0.0530. The van der Waals surface area contributed by atoms with Crippen molar-refractivity contribution < 1.29 is 9.59 Å². The van der Waals surface area contributed by atoms with Gasteiger partial charge in [-0.1, -0.05) is 34.8 Å². The lowest BCUT2D eigenvalue weighted by Gasteiger charge is -2.23. The van der Waals surface area contributed by atoms with E-state index in [4.69, 9.17) is 0 Å². The Labute approximate surface area is 133 Å². The van der Waals surface area contributed by atoms with Gasteiger partial charge in [0.15, 0.2) is 0 Å². The lowest BCUT2D eigenvalue weighted by Crippen LogP contribution is -2.47. The van der Waals surface area contributed by atoms with E-state index in [9.17, 15) is 9.59 Å². The monoisotopic (exact) mass is 352 g/mol. The second-order valence-electron chi connectivity index (χ2n) is 5.68. The smallest absolute Gasteiger partial charge is 0.247 e. The topological polar surface area (TPSA) is 58.2 Å².